The topological polar surface area (TPSA) is 68.3 Å². The number of esters is 1. The molecule has 5 nitrogen and oxygen atoms in total. The maximum absolute atomic E-state index is 12.5. The number of anilines is 1. The molecule has 0 saturated carbocycles. The Morgan fingerprint density at radius 1 is 1.21 bits per heavy atom. The maximum atomic E-state index is 12.5. The Hall–Kier alpha value is -2.43. The SMILES string of the molecule is CC(=O)CC[C@@H](Nc1cccc2cccnc12)C(=O)OC(C)(C)C. The lowest BCUT2D eigenvalue weighted by Crippen LogP contribution is -2.37. The second-order valence-corrected chi connectivity index (χ2v) is 6.85. The van der Waals surface area contributed by atoms with Crippen molar-refractivity contribution in [2.45, 2.75) is 52.2 Å². The second-order valence-electron chi connectivity index (χ2n) is 6.85. The summed E-state index contributed by atoms with van der Waals surface area (Å²) in [4.78, 5) is 28.2. The minimum absolute atomic E-state index is 0.0430. The monoisotopic (exact) mass is 328 g/mol. The van der Waals surface area contributed by atoms with Crippen LogP contribution in [-0.2, 0) is 14.3 Å². The third-order valence-corrected chi connectivity index (χ3v) is 3.44. The summed E-state index contributed by atoms with van der Waals surface area (Å²) in [7, 11) is 0. The Labute approximate surface area is 142 Å². The number of rotatable bonds is 6. The van der Waals surface area contributed by atoms with Crippen LogP contribution in [0.5, 0.6) is 0 Å². The molecule has 5 heteroatoms. The Morgan fingerprint density at radius 3 is 2.58 bits per heavy atom. The number of ketones is 1. The fourth-order valence-electron chi connectivity index (χ4n) is 2.38. The van der Waals surface area contributed by atoms with Crippen LogP contribution in [0.2, 0.25) is 0 Å². The van der Waals surface area contributed by atoms with Crippen LogP contribution in [0.3, 0.4) is 0 Å². The highest BCUT2D eigenvalue weighted by molar-refractivity contribution is 5.92. The summed E-state index contributed by atoms with van der Waals surface area (Å²) >= 11 is 0. The van der Waals surface area contributed by atoms with Crippen LogP contribution >= 0.6 is 0 Å². The number of hydrogen-bond acceptors (Lipinski definition) is 5. The molecule has 2 rings (SSSR count). The van der Waals surface area contributed by atoms with E-state index in [1.165, 1.54) is 6.92 Å². The zero-order valence-electron chi connectivity index (χ0n) is 14.6. The van der Waals surface area contributed by atoms with E-state index in [4.69, 9.17) is 4.74 Å². The smallest absolute Gasteiger partial charge is 0.329 e. The van der Waals surface area contributed by atoms with Crippen LogP contribution in [0.4, 0.5) is 5.69 Å². The van der Waals surface area contributed by atoms with Crippen LogP contribution < -0.4 is 5.32 Å². The van der Waals surface area contributed by atoms with E-state index in [-0.39, 0.29) is 11.8 Å². The lowest BCUT2D eigenvalue weighted by atomic mass is 10.1. The molecule has 1 N–H and O–H groups in total. The number of ether oxygens (including phenoxy) is 1. The first-order valence-electron chi connectivity index (χ1n) is 8.09. The molecule has 0 aliphatic heterocycles. The highest BCUT2D eigenvalue weighted by atomic mass is 16.6. The normalized spacial score (nSPS) is 12.7. The summed E-state index contributed by atoms with van der Waals surface area (Å²) in [6.45, 7) is 7.00. The molecule has 0 fully saturated rings. The standard InChI is InChI=1S/C19H24N2O3/c1-13(22)10-11-16(18(23)24-19(2,3)4)21-15-9-5-7-14-8-6-12-20-17(14)15/h5-9,12,16,21H,10-11H2,1-4H3/t16-/m1/s1. The van der Waals surface area contributed by atoms with Gasteiger partial charge in [-0.25, -0.2) is 4.79 Å². The van der Waals surface area contributed by atoms with Gasteiger partial charge in [-0.2, -0.15) is 0 Å². The Bertz CT molecular complexity index is 729. The summed E-state index contributed by atoms with van der Waals surface area (Å²) in [5.41, 5.74) is 0.966. The van der Waals surface area contributed by atoms with Gasteiger partial charge in [0.05, 0.1) is 11.2 Å². The van der Waals surface area contributed by atoms with E-state index < -0.39 is 11.6 Å². The van der Waals surface area contributed by atoms with Crippen molar-refractivity contribution in [3.05, 3.63) is 36.5 Å². The highest BCUT2D eigenvalue weighted by Gasteiger charge is 2.26. The van der Waals surface area contributed by atoms with Gasteiger partial charge in [-0.05, 0) is 46.2 Å². The molecule has 0 bridgehead atoms. The molecule has 0 aliphatic rings. The molecule has 0 radical (unpaired) electrons. The van der Waals surface area contributed by atoms with Gasteiger partial charge in [0.25, 0.3) is 0 Å². The number of para-hydroxylation sites is 1. The van der Waals surface area contributed by atoms with Gasteiger partial charge in [-0.3, -0.25) is 4.98 Å². The quantitative estimate of drug-likeness (QED) is 0.818. The number of fused-ring (bicyclic) bond motifs is 1. The van der Waals surface area contributed by atoms with Gasteiger partial charge in [-0.1, -0.05) is 18.2 Å². The molecular formula is C19H24N2O3. The molecule has 128 valence electrons. The van der Waals surface area contributed by atoms with Crippen molar-refractivity contribution in [2.75, 3.05) is 5.32 Å². The number of aromatic nitrogens is 1. The van der Waals surface area contributed by atoms with E-state index in [1.54, 1.807) is 6.20 Å². The van der Waals surface area contributed by atoms with Crippen LogP contribution in [0.15, 0.2) is 36.5 Å². The number of benzene rings is 1. The maximum Gasteiger partial charge on any atom is 0.329 e. The minimum atomic E-state index is -0.597. The molecule has 0 saturated heterocycles. The summed E-state index contributed by atoms with van der Waals surface area (Å²) in [6, 6.07) is 8.98. The van der Waals surface area contributed by atoms with Crippen molar-refractivity contribution < 1.29 is 14.3 Å². The molecule has 0 spiro atoms. The summed E-state index contributed by atoms with van der Waals surface area (Å²) in [5.74, 6) is -0.321. The van der Waals surface area contributed by atoms with Gasteiger partial charge in [0.15, 0.2) is 0 Å². The lowest BCUT2D eigenvalue weighted by Gasteiger charge is -2.25. The predicted molar refractivity (Wildman–Crippen MR) is 94.9 cm³/mol. The van der Waals surface area contributed by atoms with Crippen molar-refractivity contribution in [1.82, 2.24) is 4.98 Å². The molecule has 0 amide bonds. The average Bonchev–Trinajstić information content (AvgIpc) is 2.49. The second kappa shape index (κ2) is 7.43. The molecule has 24 heavy (non-hydrogen) atoms. The van der Waals surface area contributed by atoms with Crippen LogP contribution in [-0.4, -0.2) is 28.4 Å². The van der Waals surface area contributed by atoms with Gasteiger partial charge in [0.2, 0.25) is 0 Å². The molecule has 1 aromatic heterocycles. The van der Waals surface area contributed by atoms with E-state index in [0.717, 1.165) is 16.6 Å². The number of Topliss-reactive ketones (excluding diaryl/α,β-unsaturated/α-hetero) is 1. The molecule has 0 unspecified atom stereocenters. The number of pyridine rings is 1. The zero-order valence-corrected chi connectivity index (χ0v) is 14.6. The van der Waals surface area contributed by atoms with Crippen LogP contribution in [0.25, 0.3) is 10.9 Å². The van der Waals surface area contributed by atoms with E-state index in [9.17, 15) is 9.59 Å². The molecular weight excluding hydrogens is 304 g/mol. The molecule has 1 aromatic carbocycles. The van der Waals surface area contributed by atoms with Crippen LogP contribution in [0.1, 0.15) is 40.5 Å². The van der Waals surface area contributed by atoms with Crippen molar-refractivity contribution in [1.29, 1.82) is 0 Å². The number of nitrogens with one attached hydrogen (secondary N) is 1. The van der Waals surface area contributed by atoms with Crippen molar-refractivity contribution >= 4 is 28.3 Å². The van der Waals surface area contributed by atoms with E-state index >= 15 is 0 Å². The summed E-state index contributed by atoms with van der Waals surface area (Å²) in [6.07, 6.45) is 2.41. The first-order chi connectivity index (χ1) is 11.3. The lowest BCUT2D eigenvalue weighted by molar-refractivity contribution is -0.155. The van der Waals surface area contributed by atoms with Crippen molar-refractivity contribution in [2.24, 2.45) is 0 Å². The predicted octanol–water partition coefficient (Wildman–Crippen LogP) is 3.73. The average molecular weight is 328 g/mol. The van der Waals surface area contributed by atoms with Gasteiger partial charge < -0.3 is 14.8 Å². The Balaban J connectivity index is 2.26. The highest BCUT2D eigenvalue weighted by Crippen LogP contribution is 2.23. The number of nitrogens with zero attached hydrogens (tertiary/aromatic N) is 1. The Morgan fingerprint density at radius 2 is 1.92 bits per heavy atom. The molecule has 1 heterocycles. The number of carbonyl (C=O) groups is 2. The number of carbonyl (C=O) groups excluding carboxylic acids is 2. The fourth-order valence-corrected chi connectivity index (χ4v) is 2.38. The first kappa shape index (κ1) is 17.9. The Kier molecular flexibility index (Phi) is 5.54. The van der Waals surface area contributed by atoms with Crippen molar-refractivity contribution in [3.8, 4) is 0 Å². The van der Waals surface area contributed by atoms with Gasteiger partial charge in [0.1, 0.15) is 17.4 Å². The van der Waals surface area contributed by atoms with Gasteiger partial charge in [0, 0.05) is 18.0 Å². The van der Waals surface area contributed by atoms with E-state index in [0.29, 0.717) is 12.8 Å². The summed E-state index contributed by atoms with van der Waals surface area (Å²) in [5, 5.41) is 4.19. The van der Waals surface area contributed by atoms with Gasteiger partial charge >= 0.3 is 5.97 Å². The third kappa shape index (κ3) is 5.05. The molecule has 2 aromatic rings. The zero-order chi connectivity index (χ0) is 17.7. The van der Waals surface area contributed by atoms with Crippen LogP contribution in [0, 0.1) is 0 Å². The van der Waals surface area contributed by atoms with Gasteiger partial charge in [-0.15, -0.1) is 0 Å². The van der Waals surface area contributed by atoms with Crippen molar-refractivity contribution in [3.63, 3.8) is 0 Å². The van der Waals surface area contributed by atoms with E-state index in [2.05, 4.69) is 10.3 Å². The number of hydrogen-bond donors (Lipinski definition) is 1. The minimum Gasteiger partial charge on any atom is -0.458 e. The molecule has 1 atom stereocenters. The fraction of sp³-hybridized carbons (Fsp3) is 0.421. The van der Waals surface area contributed by atoms with E-state index in [1.807, 2.05) is 51.1 Å². The summed E-state index contributed by atoms with van der Waals surface area (Å²) < 4.78 is 5.48. The molecule has 0 aliphatic carbocycles. The first-order valence-corrected chi connectivity index (χ1v) is 8.09. The third-order valence-electron chi connectivity index (χ3n) is 3.44. The largest absolute Gasteiger partial charge is 0.458 e.